The maximum atomic E-state index is 10.4. The lowest BCUT2D eigenvalue weighted by molar-refractivity contribution is 0.112. The number of aryl methyl sites for hydroxylation is 1. The maximum absolute atomic E-state index is 10.4. The van der Waals surface area contributed by atoms with Crippen molar-refractivity contribution in [1.29, 1.82) is 0 Å². The molecule has 0 aromatic carbocycles. The van der Waals surface area contributed by atoms with Crippen LogP contribution >= 0.6 is 11.3 Å². The van der Waals surface area contributed by atoms with E-state index in [2.05, 4.69) is 16.9 Å². The van der Waals surface area contributed by atoms with E-state index in [4.69, 9.17) is 0 Å². The zero-order chi connectivity index (χ0) is 9.97. The Morgan fingerprint density at radius 1 is 1.57 bits per heavy atom. The van der Waals surface area contributed by atoms with Crippen molar-refractivity contribution in [3.05, 3.63) is 23.7 Å². The summed E-state index contributed by atoms with van der Waals surface area (Å²) in [6, 6.07) is 0. The summed E-state index contributed by atoms with van der Waals surface area (Å²) in [5.74, 6) is 0. The maximum Gasteiger partial charge on any atom is 0.178 e. The van der Waals surface area contributed by atoms with Crippen LogP contribution in [0.25, 0.3) is 10.6 Å². The summed E-state index contributed by atoms with van der Waals surface area (Å²) in [7, 11) is 0. The third-order valence-electron chi connectivity index (χ3n) is 1.88. The minimum Gasteiger partial charge on any atom is -0.337 e. The van der Waals surface area contributed by atoms with Crippen LogP contribution in [0.15, 0.2) is 18.7 Å². The molecule has 2 heterocycles. The van der Waals surface area contributed by atoms with E-state index in [0.717, 1.165) is 23.4 Å². The number of carbonyl (C=O) groups is 1. The van der Waals surface area contributed by atoms with Crippen LogP contribution in [0.3, 0.4) is 0 Å². The number of thiazole rings is 1. The minimum atomic E-state index is 0.492. The van der Waals surface area contributed by atoms with E-state index in [1.807, 2.05) is 10.8 Å². The first-order valence-corrected chi connectivity index (χ1v) is 5.08. The van der Waals surface area contributed by atoms with Crippen LogP contribution < -0.4 is 0 Å². The molecule has 2 aromatic rings. The molecule has 0 radical (unpaired) electrons. The predicted molar refractivity (Wildman–Crippen MR) is 54.4 cm³/mol. The van der Waals surface area contributed by atoms with Crippen LogP contribution in [0, 0.1) is 0 Å². The molecule has 0 aliphatic heterocycles. The monoisotopic (exact) mass is 207 g/mol. The average Bonchev–Trinajstić information content (AvgIpc) is 2.86. The lowest BCUT2D eigenvalue weighted by Crippen LogP contribution is -1.86. The fourth-order valence-electron chi connectivity index (χ4n) is 1.12. The Hall–Kier alpha value is -1.49. The highest BCUT2D eigenvalue weighted by Crippen LogP contribution is 2.23. The smallest absolute Gasteiger partial charge is 0.178 e. The topological polar surface area (TPSA) is 47.8 Å². The zero-order valence-electron chi connectivity index (χ0n) is 7.67. The first kappa shape index (κ1) is 9.08. The zero-order valence-corrected chi connectivity index (χ0v) is 8.49. The second-order valence-electron chi connectivity index (χ2n) is 2.77. The fraction of sp³-hybridized carbons (Fsp3) is 0.222. The Morgan fingerprint density at radius 3 is 3.00 bits per heavy atom. The van der Waals surface area contributed by atoms with Crippen LogP contribution in [-0.4, -0.2) is 20.8 Å². The molecule has 0 saturated carbocycles. The summed E-state index contributed by atoms with van der Waals surface area (Å²) in [4.78, 5) is 19.5. The molecular weight excluding hydrogens is 198 g/mol. The summed E-state index contributed by atoms with van der Waals surface area (Å²) in [5, 5.41) is 0.492. The lowest BCUT2D eigenvalue weighted by Gasteiger charge is -1.90. The number of carbonyl (C=O) groups excluding carboxylic acids is 1. The highest BCUT2D eigenvalue weighted by molar-refractivity contribution is 7.16. The summed E-state index contributed by atoms with van der Waals surface area (Å²) in [6.45, 7) is 2.95. The quantitative estimate of drug-likeness (QED) is 0.721. The molecule has 0 N–H and O–H groups in total. The Morgan fingerprint density at radius 2 is 2.43 bits per heavy atom. The lowest BCUT2D eigenvalue weighted by atomic mass is 10.4. The van der Waals surface area contributed by atoms with Crippen molar-refractivity contribution in [3.63, 3.8) is 0 Å². The summed E-state index contributed by atoms with van der Waals surface area (Å²) < 4.78 is 1.98. The second kappa shape index (κ2) is 3.71. The molecule has 0 bridgehead atoms. The minimum absolute atomic E-state index is 0.492. The summed E-state index contributed by atoms with van der Waals surface area (Å²) in [5.41, 5.74) is 0.873. The van der Waals surface area contributed by atoms with Crippen molar-refractivity contribution in [1.82, 2.24) is 14.5 Å². The molecule has 4 nitrogen and oxygen atoms in total. The second-order valence-corrected chi connectivity index (χ2v) is 3.83. The van der Waals surface area contributed by atoms with E-state index in [1.54, 1.807) is 12.5 Å². The molecule has 0 spiro atoms. The van der Waals surface area contributed by atoms with E-state index in [9.17, 15) is 4.79 Å². The van der Waals surface area contributed by atoms with Gasteiger partial charge in [0.15, 0.2) is 11.3 Å². The molecule has 2 aromatic heterocycles. The third kappa shape index (κ3) is 1.58. The van der Waals surface area contributed by atoms with Crippen molar-refractivity contribution in [2.75, 3.05) is 0 Å². The number of nitrogens with zero attached hydrogens (tertiary/aromatic N) is 3. The number of aldehydes is 1. The van der Waals surface area contributed by atoms with Crippen molar-refractivity contribution < 1.29 is 4.79 Å². The Bertz CT molecular complexity index is 446. The molecule has 0 amide bonds. The van der Waals surface area contributed by atoms with Gasteiger partial charge in [0.25, 0.3) is 0 Å². The molecule has 0 atom stereocenters. The van der Waals surface area contributed by atoms with Gasteiger partial charge in [-0.3, -0.25) is 4.79 Å². The van der Waals surface area contributed by atoms with E-state index >= 15 is 0 Å². The van der Waals surface area contributed by atoms with Crippen molar-refractivity contribution in [3.8, 4) is 10.6 Å². The number of hydrogen-bond acceptors (Lipinski definition) is 4. The molecule has 0 aliphatic carbocycles. The van der Waals surface area contributed by atoms with Crippen LogP contribution in [0.5, 0.6) is 0 Å². The van der Waals surface area contributed by atoms with Crippen LogP contribution in [0.2, 0.25) is 0 Å². The molecule has 5 heteroatoms. The Balaban J connectivity index is 2.33. The number of aromatic nitrogens is 3. The van der Waals surface area contributed by atoms with Gasteiger partial charge in [-0.1, -0.05) is 0 Å². The van der Waals surface area contributed by atoms with E-state index < -0.39 is 0 Å². The van der Waals surface area contributed by atoms with Crippen LogP contribution in [-0.2, 0) is 6.54 Å². The van der Waals surface area contributed by atoms with Crippen LogP contribution in [0.4, 0.5) is 0 Å². The molecule has 72 valence electrons. The highest BCUT2D eigenvalue weighted by Gasteiger charge is 2.05. The van der Waals surface area contributed by atoms with E-state index in [0.29, 0.717) is 5.01 Å². The van der Waals surface area contributed by atoms with Crippen molar-refractivity contribution in [2.24, 2.45) is 0 Å². The average molecular weight is 207 g/mol. The van der Waals surface area contributed by atoms with Gasteiger partial charge >= 0.3 is 0 Å². The molecular formula is C9H9N3OS. The predicted octanol–water partition coefficient (Wildman–Crippen LogP) is 1.84. The first-order chi connectivity index (χ1) is 6.83. The number of imidazole rings is 1. The molecule has 0 aliphatic rings. The number of rotatable bonds is 3. The van der Waals surface area contributed by atoms with Gasteiger partial charge in [0, 0.05) is 18.9 Å². The molecule has 0 fully saturated rings. The summed E-state index contributed by atoms with van der Waals surface area (Å²) in [6.07, 6.45) is 6.15. The van der Waals surface area contributed by atoms with Gasteiger partial charge < -0.3 is 4.57 Å². The Kier molecular flexibility index (Phi) is 2.41. The van der Waals surface area contributed by atoms with Gasteiger partial charge in [-0.15, -0.1) is 11.3 Å². The largest absolute Gasteiger partial charge is 0.337 e. The summed E-state index contributed by atoms with van der Waals surface area (Å²) >= 11 is 1.35. The van der Waals surface area contributed by atoms with E-state index in [1.165, 1.54) is 11.3 Å². The van der Waals surface area contributed by atoms with Gasteiger partial charge in [-0.05, 0) is 6.92 Å². The SMILES string of the molecule is CCn1cnc(-c2cnc(C=O)s2)c1. The fourth-order valence-corrected chi connectivity index (χ4v) is 1.82. The van der Waals surface area contributed by atoms with Crippen molar-refractivity contribution >= 4 is 17.6 Å². The van der Waals surface area contributed by atoms with Crippen LogP contribution in [0.1, 0.15) is 16.7 Å². The van der Waals surface area contributed by atoms with Gasteiger partial charge in [-0.25, -0.2) is 9.97 Å². The van der Waals surface area contributed by atoms with E-state index in [-0.39, 0.29) is 0 Å². The first-order valence-electron chi connectivity index (χ1n) is 4.26. The highest BCUT2D eigenvalue weighted by atomic mass is 32.1. The Labute approximate surface area is 85.2 Å². The standard InChI is InChI=1S/C9H9N3OS/c1-2-12-4-7(11-6-12)8-3-10-9(5-13)14-8/h3-6H,2H2,1H3. The molecule has 2 rings (SSSR count). The molecule has 0 saturated heterocycles. The molecule has 14 heavy (non-hydrogen) atoms. The van der Waals surface area contributed by atoms with Gasteiger partial charge in [0.1, 0.15) is 0 Å². The van der Waals surface area contributed by atoms with Gasteiger partial charge in [0.2, 0.25) is 0 Å². The molecule has 0 unspecified atom stereocenters. The third-order valence-corrected chi connectivity index (χ3v) is 2.82. The normalized spacial score (nSPS) is 10.4. The van der Waals surface area contributed by atoms with Gasteiger partial charge in [0.05, 0.1) is 16.9 Å². The number of hydrogen-bond donors (Lipinski definition) is 0. The van der Waals surface area contributed by atoms with Crippen molar-refractivity contribution in [2.45, 2.75) is 13.5 Å². The van der Waals surface area contributed by atoms with Gasteiger partial charge in [-0.2, -0.15) is 0 Å².